The van der Waals surface area contributed by atoms with Gasteiger partial charge in [0.05, 0.1) is 17.5 Å². The molecule has 10 nitrogen and oxygen atoms in total. The molecule has 4 rings (SSSR count). The minimum Gasteiger partial charge on any atom is -0.342 e. The number of carbonyl (C=O) groups is 1. The number of aromatic nitrogens is 5. The zero-order valence-corrected chi connectivity index (χ0v) is 20.0. The number of hydrogen-bond acceptors (Lipinski definition) is 7. The zero-order valence-electron chi connectivity index (χ0n) is 19.1. The van der Waals surface area contributed by atoms with Crippen LogP contribution in [0.3, 0.4) is 0 Å². The van der Waals surface area contributed by atoms with Crippen molar-refractivity contribution in [3.05, 3.63) is 87.1 Å². The third-order valence-electron chi connectivity index (χ3n) is 5.64. The second-order valence-electron chi connectivity index (χ2n) is 7.93. The highest BCUT2D eigenvalue weighted by Crippen LogP contribution is 2.23. The van der Waals surface area contributed by atoms with Crippen molar-refractivity contribution in [1.29, 1.82) is 0 Å². The molecule has 0 bridgehead atoms. The Hall–Kier alpha value is -3.73. The Morgan fingerprint density at radius 2 is 1.94 bits per heavy atom. The van der Waals surface area contributed by atoms with E-state index in [4.69, 9.17) is 0 Å². The smallest absolute Gasteiger partial charge is 0.312 e. The fraction of sp³-hybridized carbons (Fsp3) is 0.304. The van der Waals surface area contributed by atoms with Crippen molar-refractivity contribution in [1.82, 2.24) is 29.7 Å². The molecule has 0 aliphatic carbocycles. The summed E-state index contributed by atoms with van der Waals surface area (Å²) < 4.78 is 3.50. The highest BCUT2D eigenvalue weighted by atomic mass is 32.2. The minimum absolute atomic E-state index is 0.0355. The lowest BCUT2D eigenvalue weighted by Gasteiger charge is -2.17. The lowest BCUT2D eigenvalue weighted by atomic mass is 10.1. The average molecular weight is 480 g/mol. The Labute approximate surface area is 200 Å². The van der Waals surface area contributed by atoms with Gasteiger partial charge in [0.25, 0.3) is 5.91 Å². The van der Waals surface area contributed by atoms with Crippen molar-refractivity contribution in [2.24, 2.45) is 0 Å². The number of rotatable bonds is 9. The van der Waals surface area contributed by atoms with Crippen molar-refractivity contribution in [3.8, 4) is 0 Å². The van der Waals surface area contributed by atoms with E-state index in [1.54, 1.807) is 42.4 Å². The molecule has 11 heteroatoms. The molecule has 1 atom stereocenters. The van der Waals surface area contributed by atoms with Gasteiger partial charge in [-0.2, -0.15) is 16.9 Å². The zero-order chi connectivity index (χ0) is 24.2. The van der Waals surface area contributed by atoms with Gasteiger partial charge in [0.2, 0.25) is 0 Å². The van der Waals surface area contributed by atoms with Gasteiger partial charge in [0.1, 0.15) is 11.4 Å². The predicted molar refractivity (Wildman–Crippen MR) is 130 cm³/mol. The highest BCUT2D eigenvalue weighted by Gasteiger charge is 2.23. The third kappa shape index (κ3) is 4.79. The molecule has 1 aromatic carbocycles. The Bertz CT molecular complexity index is 1330. The van der Waals surface area contributed by atoms with Gasteiger partial charge >= 0.3 is 5.69 Å². The highest BCUT2D eigenvalue weighted by molar-refractivity contribution is 7.98. The maximum Gasteiger partial charge on any atom is 0.312 e. The number of thioether (sulfide) groups is 1. The Morgan fingerprint density at radius 1 is 1.18 bits per heavy atom. The molecule has 0 aliphatic rings. The van der Waals surface area contributed by atoms with Crippen LogP contribution in [0.5, 0.6) is 0 Å². The van der Waals surface area contributed by atoms with Gasteiger partial charge in [-0.15, -0.1) is 10.2 Å². The van der Waals surface area contributed by atoms with Gasteiger partial charge in [0, 0.05) is 11.8 Å². The topological polar surface area (TPSA) is 120 Å². The van der Waals surface area contributed by atoms with Crippen molar-refractivity contribution >= 4 is 29.0 Å². The van der Waals surface area contributed by atoms with Crippen molar-refractivity contribution < 1.29 is 9.72 Å². The fourth-order valence-corrected chi connectivity index (χ4v) is 4.35. The van der Waals surface area contributed by atoms with E-state index in [-0.39, 0.29) is 17.6 Å². The van der Waals surface area contributed by atoms with E-state index in [9.17, 15) is 14.9 Å². The van der Waals surface area contributed by atoms with E-state index in [2.05, 4.69) is 20.6 Å². The number of nitrogens with one attached hydrogen (secondary N) is 1. The first kappa shape index (κ1) is 23.4. The van der Waals surface area contributed by atoms with Crippen molar-refractivity contribution in [3.63, 3.8) is 0 Å². The summed E-state index contributed by atoms with van der Waals surface area (Å²) in [4.78, 5) is 23.9. The Morgan fingerprint density at radius 3 is 2.62 bits per heavy atom. The lowest BCUT2D eigenvalue weighted by molar-refractivity contribution is -0.386. The average Bonchev–Trinajstić information content (AvgIpc) is 3.37. The second kappa shape index (κ2) is 10.0. The number of nitrogens with zero attached hydrogens (tertiary/aromatic N) is 6. The summed E-state index contributed by atoms with van der Waals surface area (Å²) in [6, 6.07) is 12.6. The van der Waals surface area contributed by atoms with Crippen molar-refractivity contribution in [2.45, 2.75) is 32.9 Å². The monoisotopic (exact) mass is 479 g/mol. The maximum absolute atomic E-state index is 13.0. The summed E-state index contributed by atoms with van der Waals surface area (Å²) in [5, 5.41) is 27.1. The molecule has 1 N–H and O–H groups in total. The summed E-state index contributed by atoms with van der Waals surface area (Å²) in [6.07, 6.45) is 4.63. The molecule has 0 aliphatic heterocycles. The first-order valence-electron chi connectivity index (χ1n) is 10.8. The molecule has 1 amide bonds. The fourth-order valence-electron chi connectivity index (χ4n) is 3.88. The lowest BCUT2D eigenvalue weighted by Crippen LogP contribution is -2.30. The summed E-state index contributed by atoms with van der Waals surface area (Å²) in [5.41, 5.74) is 3.06. The summed E-state index contributed by atoms with van der Waals surface area (Å²) in [6.45, 7) is 3.69. The van der Waals surface area contributed by atoms with E-state index in [0.29, 0.717) is 29.3 Å². The van der Waals surface area contributed by atoms with Crippen molar-refractivity contribution in [2.75, 3.05) is 12.0 Å². The van der Waals surface area contributed by atoms with Gasteiger partial charge in [-0.05, 0) is 62.1 Å². The number of nitro groups is 1. The molecular weight excluding hydrogens is 454 g/mol. The number of carbonyl (C=O) groups excluding carboxylic acids is 1. The van der Waals surface area contributed by atoms with Crippen LogP contribution < -0.4 is 5.32 Å². The SMILES string of the molecule is CSCCC(NC(=O)c1ccc(Cn2nc(C)c([N+](=O)[O-])c2C)cc1)c1nnc2ccccn12. The minimum atomic E-state index is -0.409. The van der Waals surface area contributed by atoms with Crippen LogP contribution in [0.1, 0.15) is 45.6 Å². The third-order valence-corrected chi connectivity index (χ3v) is 6.29. The molecule has 4 aromatic rings. The predicted octanol–water partition coefficient (Wildman–Crippen LogP) is 3.72. The Kier molecular flexibility index (Phi) is 6.92. The van der Waals surface area contributed by atoms with E-state index in [1.807, 2.05) is 47.2 Å². The Balaban J connectivity index is 1.50. The number of fused-ring (bicyclic) bond motifs is 1. The van der Waals surface area contributed by atoms with Crippen LogP contribution in [-0.2, 0) is 6.54 Å². The molecule has 1 unspecified atom stereocenters. The van der Waals surface area contributed by atoms with Crippen LogP contribution in [0.4, 0.5) is 5.69 Å². The molecule has 34 heavy (non-hydrogen) atoms. The molecule has 0 saturated carbocycles. The summed E-state index contributed by atoms with van der Waals surface area (Å²) in [7, 11) is 0. The quantitative estimate of drug-likeness (QED) is 0.287. The molecule has 0 spiro atoms. The largest absolute Gasteiger partial charge is 0.342 e. The van der Waals surface area contributed by atoms with Crippen LogP contribution in [0, 0.1) is 24.0 Å². The van der Waals surface area contributed by atoms with Gasteiger partial charge in [-0.25, -0.2) is 0 Å². The molecule has 3 heterocycles. The number of benzene rings is 1. The second-order valence-corrected chi connectivity index (χ2v) is 8.91. The first-order valence-corrected chi connectivity index (χ1v) is 12.1. The van der Waals surface area contributed by atoms with E-state index in [0.717, 1.165) is 23.4 Å². The summed E-state index contributed by atoms with van der Waals surface area (Å²) in [5.74, 6) is 1.35. The van der Waals surface area contributed by atoms with Crippen LogP contribution in [0.15, 0.2) is 48.7 Å². The molecular formula is C23H25N7O3S. The van der Waals surface area contributed by atoms with Crippen LogP contribution in [0.2, 0.25) is 0 Å². The number of hydrogen-bond donors (Lipinski definition) is 1. The molecule has 0 fully saturated rings. The molecule has 0 radical (unpaired) electrons. The van der Waals surface area contributed by atoms with Crippen LogP contribution >= 0.6 is 11.8 Å². The van der Waals surface area contributed by atoms with E-state index >= 15 is 0 Å². The standard InChI is InChI=1S/C23H25N7O3S/c1-15-21(30(32)33)16(2)29(27-15)14-17-7-9-18(10-8-17)23(31)24-19(11-13-34-3)22-26-25-20-6-4-5-12-28(20)22/h4-10,12,19H,11,13-14H2,1-3H3,(H,24,31). The number of aryl methyl sites for hydroxylation is 1. The summed E-state index contributed by atoms with van der Waals surface area (Å²) >= 11 is 1.70. The van der Waals surface area contributed by atoms with Gasteiger partial charge in [0.15, 0.2) is 11.5 Å². The van der Waals surface area contributed by atoms with E-state index in [1.165, 1.54) is 0 Å². The van der Waals surface area contributed by atoms with Gasteiger partial charge < -0.3 is 5.32 Å². The van der Waals surface area contributed by atoms with Crippen LogP contribution in [-0.4, -0.2) is 47.2 Å². The van der Waals surface area contributed by atoms with Gasteiger partial charge in [-0.3, -0.25) is 24.0 Å². The first-order chi connectivity index (χ1) is 16.4. The van der Waals surface area contributed by atoms with Gasteiger partial charge in [-0.1, -0.05) is 18.2 Å². The number of amides is 1. The van der Waals surface area contributed by atoms with Crippen LogP contribution in [0.25, 0.3) is 5.65 Å². The normalized spacial score (nSPS) is 12.1. The van der Waals surface area contributed by atoms with E-state index < -0.39 is 4.92 Å². The maximum atomic E-state index is 13.0. The molecule has 0 saturated heterocycles. The molecule has 176 valence electrons. The number of pyridine rings is 1. The molecule has 3 aromatic heterocycles.